The highest BCUT2D eigenvalue weighted by atomic mass is 35.5. The number of aromatic amines is 1. The highest BCUT2D eigenvalue weighted by Crippen LogP contribution is 2.24. The van der Waals surface area contributed by atoms with Crippen molar-refractivity contribution in [3.63, 3.8) is 0 Å². The zero-order valence-corrected chi connectivity index (χ0v) is 21.5. The van der Waals surface area contributed by atoms with Gasteiger partial charge in [0.15, 0.2) is 0 Å². The monoisotopic (exact) mass is 542 g/mol. The van der Waals surface area contributed by atoms with Gasteiger partial charge in [-0.1, -0.05) is 23.2 Å². The van der Waals surface area contributed by atoms with Crippen LogP contribution in [0.25, 0.3) is 5.69 Å². The predicted molar refractivity (Wildman–Crippen MR) is 141 cm³/mol. The van der Waals surface area contributed by atoms with Gasteiger partial charge in [-0.3, -0.25) is 24.5 Å². The molecule has 0 atom stereocenters. The van der Waals surface area contributed by atoms with Gasteiger partial charge in [0.1, 0.15) is 0 Å². The van der Waals surface area contributed by atoms with Crippen LogP contribution < -0.4 is 16.3 Å². The number of aryl methyl sites for hydroxylation is 1. The Morgan fingerprint density at radius 3 is 2.44 bits per heavy atom. The molecule has 2 amide bonds. The maximum atomic E-state index is 13.0. The number of hydrazone groups is 1. The van der Waals surface area contributed by atoms with Crippen LogP contribution in [0.4, 0.5) is 0 Å². The lowest BCUT2D eigenvalue weighted by atomic mass is 10.2. The van der Waals surface area contributed by atoms with Crippen molar-refractivity contribution in [2.45, 2.75) is 20.4 Å². The van der Waals surface area contributed by atoms with Crippen molar-refractivity contribution in [1.82, 2.24) is 25.5 Å². The zero-order chi connectivity index (χ0) is 25.8. The first-order valence-electron chi connectivity index (χ1n) is 10.6. The van der Waals surface area contributed by atoms with Crippen molar-refractivity contribution in [3.8, 4) is 5.69 Å². The molecule has 0 bridgehead atoms. The van der Waals surface area contributed by atoms with Gasteiger partial charge in [0.2, 0.25) is 0 Å². The molecule has 0 saturated heterocycles. The van der Waals surface area contributed by atoms with Gasteiger partial charge in [-0.25, -0.2) is 10.1 Å². The summed E-state index contributed by atoms with van der Waals surface area (Å²) < 4.78 is 1.32. The van der Waals surface area contributed by atoms with Crippen molar-refractivity contribution in [1.29, 1.82) is 0 Å². The van der Waals surface area contributed by atoms with Gasteiger partial charge in [-0.15, -0.1) is 11.3 Å². The van der Waals surface area contributed by atoms with E-state index in [2.05, 4.69) is 25.9 Å². The molecule has 0 unspecified atom stereocenters. The van der Waals surface area contributed by atoms with Crippen LogP contribution in [0.5, 0.6) is 0 Å². The Hall–Kier alpha value is -3.73. The average Bonchev–Trinajstić information content (AvgIpc) is 3.48. The van der Waals surface area contributed by atoms with E-state index in [-0.39, 0.29) is 11.5 Å². The van der Waals surface area contributed by atoms with Crippen molar-refractivity contribution in [2.75, 3.05) is 0 Å². The third kappa shape index (κ3) is 5.56. The number of hydrogen-bond acceptors (Lipinski definition) is 6. The Morgan fingerprint density at radius 1 is 1.06 bits per heavy atom. The molecule has 3 N–H and O–H groups in total. The lowest BCUT2D eigenvalue weighted by molar-refractivity contribution is 0.0950. The number of H-pyrrole nitrogens is 1. The van der Waals surface area contributed by atoms with E-state index >= 15 is 0 Å². The summed E-state index contributed by atoms with van der Waals surface area (Å²) in [5.74, 6) is -0.785. The van der Waals surface area contributed by atoms with E-state index in [1.165, 1.54) is 4.68 Å². The minimum Gasteiger partial charge on any atom is -0.347 e. The third-order valence-electron chi connectivity index (χ3n) is 5.18. The fourth-order valence-corrected chi connectivity index (χ4v) is 4.48. The summed E-state index contributed by atoms with van der Waals surface area (Å²) >= 11 is 13.1. The number of nitrogens with one attached hydrogen (secondary N) is 3. The standard InChI is InChI=1S/C24H20Cl2N6O3S/c1-13(21-14(2)31-32(24(21)35)16-3-4-17(25)18(26)11-16)29-30-23(34)20-6-5-19(36-20)22(33)28-12-15-7-9-27-10-8-15/h3-11,31H,12H2,1-2H3,(H,28,33)(H,30,34). The first kappa shape index (κ1) is 25.4. The smallest absolute Gasteiger partial charge is 0.281 e. The number of halogens is 2. The van der Waals surface area contributed by atoms with Crippen molar-refractivity contribution < 1.29 is 9.59 Å². The number of aromatic nitrogens is 3. The van der Waals surface area contributed by atoms with Crippen LogP contribution in [0.1, 0.15) is 43.1 Å². The summed E-state index contributed by atoms with van der Waals surface area (Å²) in [5, 5.41) is 10.6. The van der Waals surface area contributed by atoms with Crippen LogP contribution in [-0.2, 0) is 6.54 Å². The van der Waals surface area contributed by atoms with Gasteiger partial charge in [0, 0.05) is 24.6 Å². The maximum absolute atomic E-state index is 13.0. The van der Waals surface area contributed by atoms with Crippen LogP contribution in [0.2, 0.25) is 10.0 Å². The predicted octanol–water partition coefficient (Wildman–Crippen LogP) is 4.32. The summed E-state index contributed by atoms with van der Waals surface area (Å²) in [6.45, 7) is 3.69. The minimum atomic E-state index is -0.495. The molecule has 3 heterocycles. The van der Waals surface area contributed by atoms with Gasteiger partial charge >= 0.3 is 0 Å². The molecule has 4 aromatic rings. The normalized spacial score (nSPS) is 11.4. The topological polar surface area (TPSA) is 121 Å². The third-order valence-corrected chi connectivity index (χ3v) is 7.00. The summed E-state index contributed by atoms with van der Waals surface area (Å²) in [6, 6.07) is 11.6. The summed E-state index contributed by atoms with van der Waals surface area (Å²) in [4.78, 5) is 42.6. The van der Waals surface area contributed by atoms with Gasteiger partial charge < -0.3 is 5.32 Å². The van der Waals surface area contributed by atoms with Crippen molar-refractivity contribution in [3.05, 3.63) is 102 Å². The quantitative estimate of drug-likeness (QED) is 0.238. The Balaban J connectivity index is 1.44. The molecular weight excluding hydrogens is 523 g/mol. The summed E-state index contributed by atoms with van der Waals surface area (Å²) in [7, 11) is 0. The maximum Gasteiger partial charge on any atom is 0.281 e. The molecule has 36 heavy (non-hydrogen) atoms. The highest BCUT2D eigenvalue weighted by molar-refractivity contribution is 7.15. The fourth-order valence-electron chi connectivity index (χ4n) is 3.38. The molecule has 0 fully saturated rings. The largest absolute Gasteiger partial charge is 0.347 e. The number of hydrogen-bond donors (Lipinski definition) is 3. The van der Waals surface area contributed by atoms with Gasteiger partial charge in [0.05, 0.1) is 36.8 Å². The second-order valence-electron chi connectivity index (χ2n) is 7.69. The average molecular weight is 543 g/mol. The van der Waals surface area contributed by atoms with E-state index in [4.69, 9.17) is 23.2 Å². The van der Waals surface area contributed by atoms with Crippen molar-refractivity contribution >= 4 is 52.1 Å². The molecule has 0 aliphatic carbocycles. The molecule has 0 aliphatic rings. The summed E-state index contributed by atoms with van der Waals surface area (Å²) in [5.41, 5.74) is 4.70. The number of pyridine rings is 1. The van der Waals surface area contributed by atoms with Crippen LogP contribution in [0.3, 0.4) is 0 Å². The Kier molecular flexibility index (Phi) is 7.68. The number of carbonyl (C=O) groups excluding carboxylic acids is 2. The number of amides is 2. The van der Waals surface area contributed by atoms with E-state index < -0.39 is 5.91 Å². The summed E-state index contributed by atoms with van der Waals surface area (Å²) in [6.07, 6.45) is 3.30. The molecule has 0 spiro atoms. The van der Waals surface area contributed by atoms with Gasteiger partial charge in [-0.05, 0) is 61.9 Å². The Bertz CT molecular complexity index is 1520. The zero-order valence-electron chi connectivity index (χ0n) is 19.1. The molecule has 9 nitrogen and oxygen atoms in total. The molecule has 1 aromatic carbocycles. The van der Waals surface area contributed by atoms with E-state index in [1.54, 1.807) is 68.7 Å². The van der Waals surface area contributed by atoms with Crippen LogP contribution in [0, 0.1) is 6.92 Å². The van der Waals surface area contributed by atoms with Crippen LogP contribution in [0.15, 0.2) is 64.8 Å². The first-order chi connectivity index (χ1) is 17.2. The molecular formula is C24H20Cl2N6O3S. The molecule has 0 saturated carbocycles. The fraction of sp³-hybridized carbons (Fsp3) is 0.125. The minimum absolute atomic E-state index is 0.290. The van der Waals surface area contributed by atoms with Crippen LogP contribution >= 0.6 is 34.5 Å². The van der Waals surface area contributed by atoms with E-state index in [1.807, 2.05) is 0 Å². The second kappa shape index (κ2) is 10.9. The number of nitrogens with zero attached hydrogens (tertiary/aromatic N) is 3. The number of rotatable bonds is 7. The molecule has 3 aromatic heterocycles. The Labute approximate surface area is 219 Å². The molecule has 0 aliphatic heterocycles. The molecule has 0 radical (unpaired) electrons. The van der Waals surface area contributed by atoms with E-state index in [0.29, 0.717) is 49.0 Å². The second-order valence-corrected chi connectivity index (χ2v) is 9.59. The Morgan fingerprint density at radius 2 is 1.75 bits per heavy atom. The van der Waals surface area contributed by atoms with E-state index in [0.717, 1.165) is 16.9 Å². The molecule has 4 rings (SSSR count). The van der Waals surface area contributed by atoms with E-state index in [9.17, 15) is 14.4 Å². The highest BCUT2D eigenvalue weighted by Gasteiger charge is 2.17. The number of benzene rings is 1. The lowest BCUT2D eigenvalue weighted by Crippen LogP contribution is -2.23. The molecule has 184 valence electrons. The lowest BCUT2D eigenvalue weighted by Gasteiger charge is -2.03. The number of carbonyl (C=O) groups is 2. The van der Waals surface area contributed by atoms with Gasteiger partial charge in [0.25, 0.3) is 17.4 Å². The first-order valence-corrected chi connectivity index (χ1v) is 12.2. The van der Waals surface area contributed by atoms with Gasteiger partial charge in [-0.2, -0.15) is 5.10 Å². The van der Waals surface area contributed by atoms with Crippen LogP contribution in [-0.4, -0.2) is 32.3 Å². The van der Waals surface area contributed by atoms with Crippen molar-refractivity contribution in [2.24, 2.45) is 5.10 Å². The molecule has 12 heteroatoms. The SMILES string of the molecule is CC(=NNC(=O)c1ccc(C(=O)NCc2ccncc2)s1)c1c(C)[nH]n(-c2ccc(Cl)c(Cl)c2)c1=O. The number of thiophene rings is 1.